The Labute approximate surface area is 107 Å². The van der Waals surface area contributed by atoms with E-state index in [2.05, 4.69) is 4.98 Å². The second kappa shape index (κ2) is 4.96. The number of carbonyl (C=O) groups is 2. The number of nitrogens with zero attached hydrogens (tertiary/aromatic N) is 1. The number of aryl methyl sites for hydroxylation is 1. The maximum atomic E-state index is 12.0. The Morgan fingerprint density at radius 2 is 2.28 bits per heavy atom. The number of nitrogens with one attached hydrogen (secondary N) is 1. The summed E-state index contributed by atoms with van der Waals surface area (Å²) in [6.45, 7) is 4.89. The van der Waals surface area contributed by atoms with Crippen molar-refractivity contribution in [1.82, 2.24) is 9.88 Å². The number of hydrogen-bond donors (Lipinski definition) is 1. The SMILES string of the molecule is CC1(C)CCN(C(=O)CCc2cc[nH]c2)CC1=O. The highest BCUT2D eigenvalue weighted by Crippen LogP contribution is 2.27. The third kappa shape index (κ3) is 2.81. The van der Waals surface area contributed by atoms with Gasteiger partial charge in [0.05, 0.1) is 6.54 Å². The number of amides is 1. The molecule has 0 saturated carbocycles. The Hall–Kier alpha value is -1.58. The number of carbonyl (C=O) groups excluding carboxylic acids is 2. The summed E-state index contributed by atoms with van der Waals surface area (Å²) in [4.78, 5) is 28.5. The molecule has 0 bridgehead atoms. The molecule has 0 spiro atoms. The van der Waals surface area contributed by atoms with Gasteiger partial charge in [-0.1, -0.05) is 13.8 Å². The second-order valence-electron chi connectivity index (χ2n) is 5.59. The lowest BCUT2D eigenvalue weighted by Crippen LogP contribution is -2.47. The normalized spacial score (nSPS) is 19.0. The molecule has 1 saturated heterocycles. The number of likely N-dealkylation sites (tertiary alicyclic amines) is 1. The van der Waals surface area contributed by atoms with Crippen molar-refractivity contribution in [3.63, 3.8) is 0 Å². The van der Waals surface area contributed by atoms with Crippen molar-refractivity contribution in [2.75, 3.05) is 13.1 Å². The molecule has 4 heteroatoms. The minimum absolute atomic E-state index is 0.0834. The van der Waals surface area contributed by atoms with Gasteiger partial charge in [0.1, 0.15) is 0 Å². The fraction of sp³-hybridized carbons (Fsp3) is 0.571. The zero-order valence-electron chi connectivity index (χ0n) is 11.0. The van der Waals surface area contributed by atoms with Crippen LogP contribution in [0.1, 0.15) is 32.3 Å². The van der Waals surface area contributed by atoms with Crippen LogP contribution in [0.5, 0.6) is 0 Å². The molecule has 1 aliphatic heterocycles. The van der Waals surface area contributed by atoms with E-state index in [9.17, 15) is 9.59 Å². The number of aromatic nitrogens is 1. The van der Waals surface area contributed by atoms with Crippen LogP contribution in [0.25, 0.3) is 0 Å². The van der Waals surface area contributed by atoms with Crippen molar-refractivity contribution in [2.45, 2.75) is 33.1 Å². The lowest BCUT2D eigenvalue weighted by molar-refractivity contribution is -0.142. The van der Waals surface area contributed by atoms with Crippen LogP contribution in [0.3, 0.4) is 0 Å². The third-order valence-electron chi connectivity index (χ3n) is 3.74. The summed E-state index contributed by atoms with van der Waals surface area (Å²) in [6, 6.07) is 1.97. The van der Waals surface area contributed by atoms with E-state index in [4.69, 9.17) is 0 Å². The topological polar surface area (TPSA) is 53.2 Å². The van der Waals surface area contributed by atoms with Gasteiger partial charge in [0.2, 0.25) is 5.91 Å². The summed E-state index contributed by atoms with van der Waals surface area (Å²) in [5.74, 6) is 0.254. The number of Topliss-reactive ketones (excluding diaryl/α,β-unsaturated/α-hetero) is 1. The maximum absolute atomic E-state index is 12.0. The predicted octanol–water partition coefficient (Wildman–Crippen LogP) is 1.77. The van der Waals surface area contributed by atoms with Crippen molar-refractivity contribution in [3.8, 4) is 0 Å². The van der Waals surface area contributed by atoms with Crippen LogP contribution < -0.4 is 0 Å². The summed E-state index contributed by atoms with van der Waals surface area (Å²) in [5.41, 5.74) is 0.865. The van der Waals surface area contributed by atoms with E-state index in [0.717, 1.165) is 18.4 Å². The average molecular weight is 248 g/mol. The van der Waals surface area contributed by atoms with Crippen LogP contribution in [0.4, 0.5) is 0 Å². The van der Waals surface area contributed by atoms with E-state index < -0.39 is 0 Å². The number of aromatic amines is 1. The van der Waals surface area contributed by atoms with Crippen LogP contribution >= 0.6 is 0 Å². The first-order valence-corrected chi connectivity index (χ1v) is 6.42. The van der Waals surface area contributed by atoms with Gasteiger partial charge in [0, 0.05) is 30.8 Å². The zero-order chi connectivity index (χ0) is 13.2. The van der Waals surface area contributed by atoms with Gasteiger partial charge in [-0.05, 0) is 24.5 Å². The van der Waals surface area contributed by atoms with Crippen LogP contribution in [0.2, 0.25) is 0 Å². The Morgan fingerprint density at radius 3 is 2.89 bits per heavy atom. The first-order chi connectivity index (χ1) is 8.49. The number of piperidine rings is 1. The largest absolute Gasteiger partial charge is 0.367 e. The number of hydrogen-bond acceptors (Lipinski definition) is 2. The Bertz CT molecular complexity index is 435. The van der Waals surface area contributed by atoms with Crippen molar-refractivity contribution < 1.29 is 9.59 Å². The molecule has 0 unspecified atom stereocenters. The van der Waals surface area contributed by atoms with Gasteiger partial charge in [-0.25, -0.2) is 0 Å². The predicted molar refractivity (Wildman–Crippen MR) is 69.1 cm³/mol. The second-order valence-corrected chi connectivity index (χ2v) is 5.59. The smallest absolute Gasteiger partial charge is 0.223 e. The molecule has 1 aromatic rings. The standard InChI is InChI=1S/C14H20N2O2/c1-14(2)6-8-16(10-12(14)17)13(18)4-3-11-5-7-15-9-11/h5,7,9,15H,3-4,6,8,10H2,1-2H3. The van der Waals surface area contributed by atoms with Gasteiger partial charge in [-0.2, -0.15) is 0 Å². The molecule has 1 N–H and O–H groups in total. The summed E-state index contributed by atoms with van der Waals surface area (Å²) in [7, 11) is 0. The summed E-state index contributed by atoms with van der Waals surface area (Å²) >= 11 is 0. The summed E-state index contributed by atoms with van der Waals surface area (Å²) in [6.07, 6.45) is 5.73. The zero-order valence-corrected chi connectivity index (χ0v) is 11.0. The van der Waals surface area contributed by atoms with Crippen LogP contribution in [0, 0.1) is 5.41 Å². The van der Waals surface area contributed by atoms with Gasteiger partial charge < -0.3 is 9.88 Å². The highest BCUT2D eigenvalue weighted by Gasteiger charge is 2.35. The van der Waals surface area contributed by atoms with E-state index in [1.807, 2.05) is 32.3 Å². The first-order valence-electron chi connectivity index (χ1n) is 6.42. The molecule has 0 atom stereocenters. The molecule has 0 radical (unpaired) electrons. The van der Waals surface area contributed by atoms with E-state index in [0.29, 0.717) is 13.0 Å². The van der Waals surface area contributed by atoms with Crippen molar-refractivity contribution in [3.05, 3.63) is 24.0 Å². The van der Waals surface area contributed by atoms with Crippen molar-refractivity contribution in [1.29, 1.82) is 0 Å². The number of H-pyrrole nitrogens is 1. The molecule has 4 nitrogen and oxygen atoms in total. The molecule has 1 fully saturated rings. The fourth-order valence-electron chi connectivity index (χ4n) is 2.16. The molecular formula is C14H20N2O2. The molecular weight excluding hydrogens is 228 g/mol. The Balaban J connectivity index is 1.85. The lowest BCUT2D eigenvalue weighted by Gasteiger charge is -2.35. The van der Waals surface area contributed by atoms with Crippen LogP contribution in [0.15, 0.2) is 18.5 Å². The lowest BCUT2D eigenvalue weighted by atomic mass is 9.81. The van der Waals surface area contributed by atoms with Gasteiger partial charge in [-0.15, -0.1) is 0 Å². The highest BCUT2D eigenvalue weighted by molar-refractivity contribution is 5.90. The minimum atomic E-state index is -0.266. The molecule has 0 aliphatic carbocycles. The van der Waals surface area contributed by atoms with E-state index in [-0.39, 0.29) is 23.7 Å². The fourth-order valence-corrected chi connectivity index (χ4v) is 2.16. The van der Waals surface area contributed by atoms with Crippen molar-refractivity contribution >= 4 is 11.7 Å². The van der Waals surface area contributed by atoms with E-state index in [1.165, 1.54) is 0 Å². The summed E-state index contributed by atoms with van der Waals surface area (Å²) < 4.78 is 0. The molecule has 1 aliphatic rings. The van der Waals surface area contributed by atoms with Gasteiger partial charge in [0.15, 0.2) is 5.78 Å². The highest BCUT2D eigenvalue weighted by atomic mass is 16.2. The molecule has 1 aromatic heterocycles. The average Bonchev–Trinajstić information content (AvgIpc) is 2.82. The first kappa shape index (κ1) is 12.9. The molecule has 0 aromatic carbocycles. The molecule has 2 heterocycles. The Kier molecular flexibility index (Phi) is 3.55. The quantitative estimate of drug-likeness (QED) is 0.886. The van der Waals surface area contributed by atoms with Gasteiger partial charge in [0.25, 0.3) is 0 Å². The minimum Gasteiger partial charge on any atom is -0.367 e. The Morgan fingerprint density at radius 1 is 1.50 bits per heavy atom. The monoisotopic (exact) mass is 248 g/mol. The van der Waals surface area contributed by atoms with Gasteiger partial charge >= 0.3 is 0 Å². The molecule has 2 rings (SSSR count). The number of rotatable bonds is 3. The summed E-state index contributed by atoms with van der Waals surface area (Å²) in [5, 5.41) is 0. The van der Waals surface area contributed by atoms with Crippen LogP contribution in [-0.4, -0.2) is 34.7 Å². The molecule has 1 amide bonds. The maximum Gasteiger partial charge on any atom is 0.223 e. The third-order valence-corrected chi connectivity index (χ3v) is 3.74. The van der Waals surface area contributed by atoms with Crippen LogP contribution in [-0.2, 0) is 16.0 Å². The van der Waals surface area contributed by atoms with E-state index in [1.54, 1.807) is 4.90 Å². The van der Waals surface area contributed by atoms with Gasteiger partial charge in [-0.3, -0.25) is 9.59 Å². The molecule has 18 heavy (non-hydrogen) atoms. The van der Waals surface area contributed by atoms with Crippen molar-refractivity contribution in [2.24, 2.45) is 5.41 Å². The van der Waals surface area contributed by atoms with E-state index >= 15 is 0 Å². The number of ketones is 1. The molecule has 98 valence electrons.